The fraction of sp³-hybridized carbons (Fsp3) is 0.368. The highest BCUT2D eigenvalue weighted by Gasteiger charge is 2.18. The number of aromatic nitrogens is 3. The van der Waals surface area contributed by atoms with Crippen LogP contribution in [0.15, 0.2) is 45.9 Å². The predicted octanol–water partition coefficient (Wildman–Crippen LogP) is 2.26. The summed E-state index contributed by atoms with van der Waals surface area (Å²) in [6.45, 7) is 3.92. The number of benzene rings is 1. The van der Waals surface area contributed by atoms with Gasteiger partial charge in [-0.3, -0.25) is 9.59 Å². The Morgan fingerprint density at radius 2 is 2.07 bits per heavy atom. The summed E-state index contributed by atoms with van der Waals surface area (Å²) >= 11 is 0. The Bertz CT molecular complexity index is 1020. The molecule has 27 heavy (non-hydrogen) atoms. The van der Waals surface area contributed by atoms with Gasteiger partial charge in [-0.05, 0) is 43.0 Å². The maximum Gasteiger partial charge on any atom is 0.267 e. The summed E-state index contributed by atoms with van der Waals surface area (Å²) in [6, 6.07) is 8.38. The van der Waals surface area contributed by atoms with Crippen LogP contribution in [0, 0.1) is 5.92 Å². The highest BCUT2D eigenvalue weighted by Crippen LogP contribution is 2.20. The number of amides is 1. The largest absolute Gasteiger partial charge is 0.443 e. The molecule has 1 fully saturated rings. The number of nitrogens with one attached hydrogen (secondary N) is 1. The molecule has 0 unspecified atom stereocenters. The van der Waals surface area contributed by atoms with Crippen LogP contribution in [0.3, 0.4) is 0 Å². The van der Waals surface area contributed by atoms with Crippen molar-refractivity contribution in [1.82, 2.24) is 14.8 Å². The Labute approximate surface area is 155 Å². The zero-order valence-electron chi connectivity index (χ0n) is 15.1. The van der Waals surface area contributed by atoms with E-state index in [1.165, 1.54) is 17.1 Å². The minimum atomic E-state index is -0.322. The van der Waals surface area contributed by atoms with E-state index in [0.717, 1.165) is 31.7 Å². The number of piperidine rings is 1. The Balaban J connectivity index is 1.47. The molecule has 0 aliphatic carbocycles. The third-order valence-electron chi connectivity index (χ3n) is 4.87. The van der Waals surface area contributed by atoms with Crippen LogP contribution in [0.4, 0.5) is 11.5 Å². The van der Waals surface area contributed by atoms with Gasteiger partial charge in [-0.1, -0.05) is 6.92 Å². The predicted molar refractivity (Wildman–Crippen MR) is 102 cm³/mol. The van der Waals surface area contributed by atoms with Crippen molar-refractivity contribution in [3.05, 3.63) is 47.1 Å². The molecule has 1 aliphatic heterocycles. The molecule has 3 aromatic rings. The molecule has 0 spiro atoms. The molecule has 8 heteroatoms. The van der Waals surface area contributed by atoms with Crippen LogP contribution in [0.2, 0.25) is 0 Å². The van der Waals surface area contributed by atoms with Crippen molar-refractivity contribution >= 4 is 28.5 Å². The lowest BCUT2D eigenvalue weighted by molar-refractivity contribution is -0.117. The van der Waals surface area contributed by atoms with Gasteiger partial charge in [0.1, 0.15) is 17.9 Å². The smallest absolute Gasteiger partial charge is 0.267 e. The molecule has 1 aromatic carbocycles. The fourth-order valence-electron chi connectivity index (χ4n) is 3.23. The van der Waals surface area contributed by atoms with Gasteiger partial charge >= 0.3 is 0 Å². The van der Waals surface area contributed by atoms with Crippen molar-refractivity contribution in [2.75, 3.05) is 23.3 Å². The maximum absolute atomic E-state index is 12.4. The molecule has 8 nitrogen and oxygen atoms in total. The van der Waals surface area contributed by atoms with Gasteiger partial charge in [-0.2, -0.15) is 5.10 Å². The van der Waals surface area contributed by atoms with E-state index in [1.807, 2.05) is 0 Å². The van der Waals surface area contributed by atoms with E-state index in [2.05, 4.69) is 27.2 Å². The Hall–Kier alpha value is -3.16. The highest BCUT2D eigenvalue weighted by atomic mass is 16.3. The summed E-state index contributed by atoms with van der Waals surface area (Å²) in [5.74, 6) is 1.12. The van der Waals surface area contributed by atoms with Gasteiger partial charge < -0.3 is 14.6 Å². The van der Waals surface area contributed by atoms with E-state index in [9.17, 15) is 9.59 Å². The lowest BCUT2D eigenvalue weighted by atomic mass is 9.99. The van der Waals surface area contributed by atoms with Crippen LogP contribution in [0.1, 0.15) is 19.8 Å². The second-order valence-corrected chi connectivity index (χ2v) is 6.94. The van der Waals surface area contributed by atoms with Crippen LogP contribution < -0.4 is 15.8 Å². The molecule has 1 saturated heterocycles. The fourth-order valence-corrected chi connectivity index (χ4v) is 3.23. The summed E-state index contributed by atoms with van der Waals surface area (Å²) in [4.78, 5) is 30.7. The number of oxazole rings is 1. The van der Waals surface area contributed by atoms with Crippen molar-refractivity contribution < 1.29 is 9.21 Å². The van der Waals surface area contributed by atoms with Gasteiger partial charge in [0.25, 0.3) is 5.56 Å². The van der Waals surface area contributed by atoms with Crippen LogP contribution in [-0.4, -0.2) is 33.8 Å². The van der Waals surface area contributed by atoms with Gasteiger partial charge in [0.15, 0.2) is 12.0 Å². The van der Waals surface area contributed by atoms with E-state index in [1.54, 1.807) is 24.3 Å². The molecular weight excluding hydrogens is 346 g/mol. The van der Waals surface area contributed by atoms with Crippen molar-refractivity contribution in [2.24, 2.45) is 5.92 Å². The zero-order chi connectivity index (χ0) is 18.8. The van der Waals surface area contributed by atoms with Crippen molar-refractivity contribution in [2.45, 2.75) is 26.3 Å². The molecule has 1 N–H and O–H groups in total. The van der Waals surface area contributed by atoms with E-state index in [4.69, 9.17) is 4.42 Å². The number of nitrogens with zero attached hydrogens (tertiary/aromatic N) is 4. The average molecular weight is 367 g/mol. The van der Waals surface area contributed by atoms with Gasteiger partial charge in [0, 0.05) is 24.8 Å². The molecule has 4 rings (SSSR count). The molecule has 3 heterocycles. The Morgan fingerprint density at radius 3 is 2.89 bits per heavy atom. The first kappa shape index (κ1) is 17.3. The van der Waals surface area contributed by atoms with E-state index in [0.29, 0.717) is 22.7 Å². The normalized spacial score (nSPS) is 15.2. The molecule has 140 valence electrons. The molecular formula is C19H21N5O3. The summed E-state index contributed by atoms with van der Waals surface area (Å²) in [7, 11) is 0. The van der Waals surface area contributed by atoms with Crippen molar-refractivity contribution in [1.29, 1.82) is 0 Å². The highest BCUT2D eigenvalue weighted by molar-refractivity contribution is 5.92. The third kappa shape index (κ3) is 3.84. The number of carbonyl (C=O) groups is 1. The summed E-state index contributed by atoms with van der Waals surface area (Å²) < 4.78 is 6.39. The van der Waals surface area contributed by atoms with Gasteiger partial charge in [0.2, 0.25) is 5.91 Å². The minimum Gasteiger partial charge on any atom is -0.443 e. The lowest BCUT2D eigenvalue weighted by Gasteiger charge is -2.31. The molecule has 0 radical (unpaired) electrons. The van der Waals surface area contributed by atoms with Crippen LogP contribution in [-0.2, 0) is 11.3 Å². The zero-order valence-corrected chi connectivity index (χ0v) is 15.1. The topological polar surface area (TPSA) is 93.3 Å². The molecule has 1 aliphatic rings. The van der Waals surface area contributed by atoms with Crippen LogP contribution >= 0.6 is 0 Å². The van der Waals surface area contributed by atoms with Gasteiger partial charge in [0.05, 0.1) is 0 Å². The molecule has 0 saturated carbocycles. The third-order valence-corrected chi connectivity index (χ3v) is 4.87. The molecule has 2 aromatic heterocycles. The molecule has 1 amide bonds. The first-order chi connectivity index (χ1) is 13.1. The van der Waals surface area contributed by atoms with Crippen molar-refractivity contribution in [3.8, 4) is 0 Å². The Morgan fingerprint density at radius 1 is 1.26 bits per heavy atom. The molecule has 0 atom stereocenters. The van der Waals surface area contributed by atoms with E-state index < -0.39 is 0 Å². The van der Waals surface area contributed by atoms with Crippen molar-refractivity contribution in [3.63, 3.8) is 0 Å². The van der Waals surface area contributed by atoms with Gasteiger partial charge in [-0.15, -0.1) is 0 Å². The standard InChI is InChI=1S/C19H21N5O3/c1-13-6-8-23(9-7-13)17-4-5-19(26)24(22-17)11-18(25)21-14-2-3-16-15(10-14)20-12-27-16/h2-5,10,12-13H,6-9,11H2,1H3,(H,21,25). The summed E-state index contributed by atoms with van der Waals surface area (Å²) in [5.41, 5.74) is 1.60. The average Bonchev–Trinajstić information content (AvgIpc) is 3.12. The number of anilines is 2. The minimum absolute atomic E-state index is 0.145. The second kappa shape index (κ2) is 7.22. The Kier molecular flexibility index (Phi) is 4.62. The lowest BCUT2D eigenvalue weighted by Crippen LogP contribution is -2.36. The van der Waals surface area contributed by atoms with E-state index in [-0.39, 0.29) is 18.0 Å². The first-order valence-corrected chi connectivity index (χ1v) is 9.05. The SMILES string of the molecule is CC1CCN(c2ccc(=O)n(CC(=O)Nc3ccc4ocnc4c3)n2)CC1. The maximum atomic E-state index is 12.4. The summed E-state index contributed by atoms with van der Waals surface area (Å²) in [6.07, 6.45) is 3.56. The molecule has 0 bridgehead atoms. The monoisotopic (exact) mass is 367 g/mol. The number of hydrogen-bond donors (Lipinski definition) is 1. The van der Waals surface area contributed by atoms with Gasteiger partial charge in [-0.25, -0.2) is 9.67 Å². The number of rotatable bonds is 4. The number of carbonyl (C=O) groups excluding carboxylic acids is 1. The van der Waals surface area contributed by atoms with E-state index >= 15 is 0 Å². The number of hydrogen-bond acceptors (Lipinski definition) is 6. The van der Waals surface area contributed by atoms with Crippen LogP contribution in [0.25, 0.3) is 11.1 Å². The number of fused-ring (bicyclic) bond motifs is 1. The second-order valence-electron chi connectivity index (χ2n) is 6.94. The quantitative estimate of drug-likeness (QED) is 0.760. The summed E-state index contributed by atoms with van der Waals surface area (Å²) in [5, 5.41) is 7.16. The van der Waals surface area contributed by atoms with Crippen LogP contribution in [0.5, 0.6) is 0 Å². The first-order valence-electron chi connectivity index (χ1n) is 9.05.